The van der Waals surface area contributed by atoms with Crippen molar-refractivity contribution < 1.29 is 31.2 Å². The van der Waals surface area contributed by atoms with E-state index in [2.05, 4.69) is 0 Å². The van der Waals surface area contributed by atoms with Crippen LogP contribution in [0.4, 0.5) is 4.79 Å². The fourth-order valence-electron chi connectivity index (χ4n) is 4.96. The molecule has 202 valence electrons. The lowest BCUT2D eigenvalue weighted by atomic mass is 10.0. The Balaban J connectivity index is 1.45. The van der Waals surface area contributed by atoms with E-state index in [1.54, 1.807) is 51.1 Å². The van der Waals surface area contributed by atoms with Crippen LogP contribution in [-0.2, 0) is 29.2 Å². The molecule has 0 radical (unpaired) electrons. The fraction of sp³-hybridized carbons (Fsp3) is 0.520. The van der Waals surface area contributed by atoms with Gasteiger partial charge in [-0.25, -0.2) is 21.6 Å². The SMILES string of the molecule is CC(C)(C)OC(=O)N1CCC2(CC1)N(CCCS(=O)(=O)c1ccc3cc(Cl)ccc3c1)C(=O)CS2(=O)=O. The van der Waals surface area contributed by atoms with Crippen LogP contribution in [0, 0.1) is 0 Å². The molecule has 2 heterocycles. The van der Waals surface area contributed by atoms with Crippen LogP contribution in [0.1, 0.15) is 40.0 Å². The predicted octanol–water partition coefficient (Wildman–Crippen LogP) is 3.64. The van der Waals surface area contributed by atoms with Crippen molar-refractivity contribution in [2.75, 3.05) is 31.1 Å². The number of piperidine rings is 1. The minimum Gasteiger partial charge on any atom is -0.444 e. The molecule has 2 aliphatic heterocycles. The molecule has 2 aromatic rings. The number of ether oxygens (including phenoxy) is 1. The lowest BCUT2D eigenvalue weighted by Gasteiger charge is -2.43. The highest BCUT2D eigenvalue weighted by Gasteiger charge is 2.58. The zero-order valence-electron chi connectivity index (χ0n) is 21.1. The topological polar surface area (TPSA) is 118 Å². The maximum absolute atomic E-state index is 13.1. The highest BCUT2D eigenvalue weighted by atomic mass is 35.5. The summed E-state index contributed by atoms with van der Waals surface area (Å²) in [7, 11) is -7.47. The summed E-state index contributed by atoms with van der Waals surface area (Å²) < 4.78 is 57.6. The quantitative estimate of drug-likeness (QED) is 0.538. The van der Waals surface area contributed by atoms with Gasteiger partial charge in [-0.3, -0.25) is 4.79 Å². The van der Waals surface area contributed by atoms with Crippen molar-refractivity contribution >= 4 is 54.0 Å². The van der Waals surface area contributed by atoms with Gasteiger partial charge < -0.3 is 14.5 Å². The largest absolute Gasteiger partial charge is 0.444 e. The Morgan fingerprint density at radius 3 is 2.35 bits per heavy atom. The van der Waals surface area contributed by atoms with Gasteiger partial charge in [0, 0.05) is 37.5 Å². The molecular weight excluding hydrogens is 540 g/mol. The minimum atomic E-state index is -3.80. The third kappa shape index (κ3) is 5.58. The summed E-state index contributed by atoms with van der Waals surface area (Å²) in [6, 6.07) is 9.98. The normalized spacial score (nSPS) is 19.5. The Morgan fingerprint density at radius 2 is 1.70 bits per heavy atom. The lowest BCUT2D eigenvalue weighted by Crippen LogP contribution is -2.57. The molecule has 0 aliphatic carbocycles. The van der Waals surface area contributed by atoms with Gasteiger partial charge in [0.25, 0.3) is 0 Å². The summed E-state index contributed by atoms with van der Waals surface area (Å²) >= 11 is 6.00. The first-order valence-electron chi connectivity index (χ1n) is 12.1. The Bertz CT molecular complexity index is 1440. The zero-order valence-corrected chi connectivity index (χ0v) is 23.5. The van der Waals surface area contributed by atoms with E-state index in [4.69, 9.17) is 16.3 Å². The number of benzene rings is 2. The van der Waals surface area contributed by atoms with Gasteiger partial charge in [0.15, 0.2) is 19.7 Å². The Kier molecular flexibility index (Phi) is 7.28. The standard InChI is InChI=1S/C25H31ClN2O7S2/c1-24(2,3)35-23(30)27-12-9-25(10-13-27)28(22(29)17-37(25,33)34)11-4-14-36(31,32)21-8-6-18-15-20(26)7-5-19(18)16-21/h5-8,15-16H,4,9-14,17H2,1-3H3. The number of carbonyl (C=O) groups excluding carboxylic acids is 2. The summed E-state index contributed by atoms with van der Waals surface area (Å²) in [6.45, 7) is 5.49. The van der Waals surface area contributed by atoms with Crippen LogP contribution in [-0.4, -0.2) is 80.2 Å². The second kappa shape index (κ2) is 9.74. The van der Waals surface area contributed by atoms with Crippen molar-refractivity contribution in [2.45, 2.75) is 55.4 Å². The number of hydrogen-bond donors (Lipinski definition) is 0. The van der Waals surface area contributed by atoms with E-state index in [9.17, 15) is 26.4 Å². The van der Waals surface area contributed by atoms with Crippen LogP contribution in [0.2, 0.25) is 5.02 Å². The first-order chi connectivity index (χ1) is 17.1. The van der Waals surface area contributed by atoms with Crippen molar-refractivity contribution in [3.63, 3.8) is 0 Å². The third-order valence-corrected chi connectivity index (χ3v) is 11.3. The van der Waals surface area contributed by atoms with Crippen LogP contribution in [0.25, 0.3) is 10.8 Å². The van der Waals surface area contributed by atoms with Gasteiger partial charge in [-0.2, -0.15) is 0 Å². The maximum atomic E-state index is 13.1. The monoisotopic (exact) mass is 570 g/mol. The van der Waals surface area contributed by atoms with Gasteiger partial charge in [-0.1, -0.05) is 23.7 Å². The van der Waals surface area contributed by atoms with E-state index in [-0.39, 0.29) is 49.5 Å². The Morgan fingerprint density at radius 1 is 1.08 bits per heavy atom. The average Bonchev–Trinajstić information content (AvgIpc) is 2.97. The molecule has 0 unspecified atom stereocenters. The second-order valence-corrected chi connectivity index (χ2v) is 15.4. The highest BCUT2D eigenvalue weighted by molar-refractivity contribution is 7.94. The Hall–Kier alpha value is -2.37. The average molecular weight is 571 g/mol. The van der Waals surface area contributed by atoms with Gasteiger partial charge in [-0.15, -0.1) is 0 Å². The van der Waals surface area contributed by atoms with Crippen LogP contribution in [0.5, 0.6) is 0 Å². The summed E-state index contributed by atoms with van der Waals surface area (Å²) in [6.07, 6.45) is -0.334. The van der Waals surface area contributed by atoms with Crippen molar-refractivity contribution in [1.29, 1.82) is 0 Å². The number of fused-ring (bicyclic) bond motifs is 1. The molecule has 0 aromatic heterocycles. The van der Waals surface area contributed by atoms with Gasteiger partial charge in [0.05, 0.1) is 10.6 Å². The zero-order chi connectivity index (χ0) is 27.2. The minimum absolute atomic E-state index is 0.00702. The van der Waals surface area contributed by atoms with E-state index in [1.165, 1.54) is 15.9 Å². The van der Waals surface area contributed by atoms with Crippen molar-refractivity contribution in [1.82, 2.24) is 9.80 Å². The molecule has 37 heavy (non-hydrogen) atoms. The maximum Gasteiger partial charge on any atom is 0.410 e. The fourth-order valence-corrected chi connectivity index (χ4v) is 8.55. The number of rotatable bonds is 5. The van der Waals surface area contributed by atoms with E-state index in [0.29, 0.717) is 5.02 Å². The van der Waals surface area contributed by atoms with Crippen LogP contribution in [0.15, 0.2) is 41.3 Å². The van der Waals surface area contributed by atoms with Gasteiger partial charge in [-0.05, 0) is 62.2 Å². The van der Waals surface area contributed by atoms with Crippen LogP contribution < -0.4 is 0 Å². The molecule has 2 aromatic carbocycles. The van der Waals surface area contributed by atoms with E-state index >= 15 is 0 Å². The van der Waals surface area contributed by atoms with Gasteiger partial charge in [0.2, 0.25) is 5.91 Å². The smallest absolute Gasteiger partial charge is 0.410 e. The second-order valence-electron chi connectivity index (χ2n) is 10.5. The molecule has 2 amide bonds. The lowest BCUT2D eigenvalue weighted by molar-refractivity contribution is -0.131. The number of hydrogen-bond acceptors (Lipinski definition) is 7. The predicted molar refractivity (Wildman–Crippen MR) is 141 cm³/mol. The van der Waals surface area contributed by atoms with E-state index in [1.807, 2.05) is 0 Å². The third-order valence-electron chi connectivity index (χ3n) is 6.81. The summed E-state index contributed by atoms with van der Waals surface area (Å²) in [5.74, 6) is -1.39. The molecule has 2 fully saturated rings. The molecule has 2 saturated heterocycles. The van der Waals surface area contributed by atoms with Crippen molar-refractivity contribution in [3.8, 4) is 0 Å². The first-order valence-corrected chi connectivity index (χ1v) is 15.7. The molecule has 4 rings (SSSR count). The number of carbonyl (C=O) groups is 2. The number of sulfone groups is 2. The van der Waals surface area contributed by atoms with Crippen LogP contribution >= 0.6 is 11.6 Å². The molecule has 9 nitrogen and oxygen atoms in total. The molecule has 0 atom stereocenters. The van der Waals surface area contributed by atoms with Crippen molar-refractivity contribution in [3.05, 3.63) is 41.4 Å². The summed E-state index contributed by atoms with van der Waals surface area (Å²) in [4.78, 5) is 26.7. The summed E-state index contributed by atoms with van der Waals surface area (Å²) in [5, 5.41) is 2.11. The van der Waals surface area contributed by atoms with Gasteiger partial charge >= 0.3 is 6.09 Å². The molecule has 2 aliphatic rings. The number of amides is 2. The van der Waals surface area contributed by atoms with E-state index < -0.39 is 47.9 Å². The van der Waals surface area contributed by atoms with Crippen LogP contribution in [0.3, 0.4) is 0 Å². The number of nitrogens with zero attached hydrogens (tertiary/aromatic N) is 2. The summed E-state index contributed by atoms with van der Waals surface area (Å²) in [5.41, 5.74) is -0.683. The first kappa shape index (κ1) is 27.7. The van der Waals surface area contributed by atoms with Crippen molar-refractivity contribution in [2.24, 2.45) is 0 Å². The highest BCUT2D eigenvalue weighted by Crippen LogP contribution is 2.40. The Labute approximate surface area is 222 Å². The molecule has 0 N–H and O–H groups in total. The molecule has 12 heteroatoms. The molecule has 0 bridgehead atoms. The molecular formula is C25H31ClN2O7S2. The number of halogens is 1. The van der Waals surface area contributed by atoms with E-state index in [0.717, 1.165) is 10.8 Å². The van der Waals surface area contributed by atoms with Gasteiger partial charge in [0.1, 0.15) is 16.2 Å². The number of likely N-dealkylation sites (tertiary alicyclic amines) is 1. The molecule has 0 saturated carbocycles. The molecule has 1 spiro atoms.